The summed E-state index contributed by atoms with van der Waals surface area (Å²) in [7, 11) is 2.19. The summed E-state index contributed by atoms with van der Waals surface area (Å²) in [6, 6.07) is 13.0. The van der Waals surface area contributed by atoms with Gasteiger partial charge in [0.15, 0.2) is 0 Å². The molecule has 15 heavy (non-hydrogen) atoms. The van der Waals surface area contributed by atoms with Gasteiger partial charge in [-0.2, -0.15) is 0 Å². The first-order valence-corrected chi connectivity index (χ1v) is 5.59. The highest BCUT2D eigenvalue weighted by Gasteiger charge is 2.17. The van der Waals surface area contributed by atoms with Crippen LogP contribution < -0.4 is 0 Å². The first-order valence-electron chi connectivity index (χ1n) is 5.59. The molecule has 1 aliphatic rings. The summed E-state index contributed by atoms with van der Waals surface area (Å²) in [5.41, 5.74) is 5.78. The van der Waals surface area contributed by atoms with Gasteiger partial charge in [-0.1, -0.05) is 30.3 Å². The number of aromatic nitrogens is 1. The number of aryl methyl sites for hydroxylation is 1. The predicted octanol–water partition coefficient (Wildman–Crippen LogP) is 3.18. The summed E-state index contributed by atoms with van der Waals surface area (Å²) in [4.78, 5) is 0. The molecule has 0 radical (unpaired) electrons. The average molecular weight is 197 g/mol. The van der Waals surface area contributed by atoms with Gasteiger partial charge in [0.05, 0.1) is 0 Å². The second-order valence-electron chi connectivity index (χ2n) is 4.28. The lowest BCUT2D eigenvalue weighted by Gasteiger charge is -2.05. The van der Waals surface area contributed by atoms with Crippen molar-refractivity contribution in [1.82, 2.24) is 4.57 Å². The minimum absolute atomic E-state index is 1.25. The summed E-state index contributed by atoms with van der Waals surface area (Å²) in [6.07, 6.45) is 3.84. The van der Waals surface area contributed by atoms with Crippen molar-refractivity contribution in [3.05, 3.63) is 47.7 Å². The lowest BCUT2D eigenvalue weighted by Crippen LogP contribution is -1.96. The fraction of sp³-hybridized carbons (Fsp3) is 0.286. The minimum Gasteiger partial charge on any atom is -0.347 e. The van der Waals surface area contributed by atoms with Crippen molar-refractivity contribution >= 4 is 0 Å². The third kappa shape index (κ3) is 1.30. The van der Waals surface area contributed by atoms with Crippen LogP contribution in [0.3, 0.4) is 0 Å². The van der Waals surface area contributed by atoms with Crippen LogP contribution in [-0.2, 0) is 19.9 Å². The SMILES string of the molecule is Cn1c(-c2ccccc2)cc2c1CCC2. The van der Waals surface area contributed by atoms with E-state index in [1.165, 1.54) is 36.2 Å². The van der Waals surface area contributed by atoms with Crippen molar-refractivity contribution in [2.24, 2.45) is 7.05 Å². The van der Waals surface area contributed by atoms with Gasteiger partial charge in [-0.15, -0.1) is 0 Å². The molecule has 3 rings (SSSR count). The van der Waals surface area contributed by atoms with Gasteiger partial charge in [0.1, 0.15) is 0 Å². The Labute approximate surface area is 90.4 Å². The largest absolute Gasteiger partial charge is 0.347 e. The minimum atomic E-state index is 1.25. The number of hydrogen-bond donors (Lipinski definition) is 0. The molecule has 2 aromatic rings. The van der Waals surface area contributed by atoms with Crippen molar-refractivity contribution in [2.45, 2.75) is 19.3 Å². The highest BCUT2D eigenvalue weighted by Crippen LogP contribution is 2.30. The quantitative estimate of drug-likeness (QED) is 0.661. The third-order valence-electron chi connectivity index (χ3n) is 3.38. The van der Waals surface area contributed by atoms with Crippen LogP contribution in [0, 0.1) is 0 Å². The molecule has 1 nitrogen and oxygen atoms in total. The topological polar surface area (TPSA) is 4.93 Å². The predicted molar refractivity (Wildman–Crippen MR) is 62.9 cm³/mol. The van der Waals surface area contributed by atoms with Crippen molar-refractivity contribution in [3.8, 4) is 11.3 Å². The normalized spacial score (nSPS) is 14.2. The van der Waals surface area contributed by atoms with Crippen molar-refractivity contribution < 1.29 is 0 Å². The van der Waals surface area contributed by atoms with Crippen LogP contribution in [0.5, 0.6) is 0 Å². The lowest BCUT2D eigenvalue weighted by molar-refractivity contribution is 0.815. The molecular weight excluding hydrogens is 182 g/mol. The monoisotopic (exact) mass is 197 g/mol. The summed E-state index contributed by atoms with van der Waals surface area (Å²) >= 11 is 0. The zero-order chi connectivity index (χ0) is 10.3. The van der Waals surface area contributed by atoms with Crippen molar-refractivity contribution in [2.75, 3.05) is 0 Å². The van der Waals surface area contributed by atoms with Gasteiger partial charge in [0, 0.05) is 18.4 Å². The highest BCUT2D eigenvalue weighted by atomic mass is 15.0. The summed E-state index contributed by atoms with van der Waals surface area (Å²) in [5.74, 6) is 0. The fourth-order valence-electron chi connectivity index (χ4n) is 2.58. The fourth-order valence-corrected chi connectivity index (χ4v) is 2.58. The lowest BCUT2D eigenvalue weighted by atomic mass is 10.1. The molecule has 0 spiro atoms. The Morgan fingerprint density at radius 2 is 1.87 bits per heavy atom. The molecule has 1 aliphatic carbocycles. The highest BCUT2D eigenvalue weighted by molar-refractivity contribution is 5.62. The van der Waals surface area contributed by atoms with E-state index in [1.54, 1.807) is 5.56 Å². The molecule has 0 saturated heterocycles. The number of benzene rings is 1. The molecule has 1 heterocycles. The van der Waals surface area contributed by atoms with E-state index in [0.29, 0.717) is 0 Å². The second kappa shape index (κ2) is 3.27. The Morgan fingerprint density at radius 3 is 2.60 bits per heavy atom. The maximum Gasteiger partial charge on any atom is 0.0482 e. The Hall–Kier alpha value is -1.50. The van der Waals surface area contributed by atoms with Crippen LogP contribution in [0.4, 0.5) is 0 Å². The van der Waals surface area contributed by atoms with Crippen molar-refractivity contribution in [3.63, 3.8) is 0 Å². The van der Waals surface area contributed by atoms with E-state index in [0.717, 1.165) is 0 Å². The van der Waals surface area contributed by atoms with Gasteiger partial charge < -0.3 is 4.57 Å². The zero-order valence-corrected chi connectivity index (χ0v) is 9.03. The van der Waals surface area contributed by atoms with E-state index in [1.807, 2.05) is 0 Å². The molecule has 0 unspecified atom stereocenters. The van der Waals surface area contributed by atoms with E-state index < -0.39 is 0 Å². The van der Waals surface area contributed by atoms with Gasteiger partial charge in [-0.3, -0.25) is 0 Å². The van der Waals surface area contributed by atoms with E-state index in [-0.39, 0.29) is 0 Å². The Bertz CT molecular complexity index is 480. The third-order valence-corrected chi connectivity index (χ3v) is 3.38. The number of nitrogens with zero attached hydrogens (tertiary/aromatic N) is 1. The van der Waals surface area contributed by atoms with E-state index >= 15 is 0 Å². The van der Waals surface area contributed by atoms with Crippen LogP contribution in [0.2, 0.25) is 0 Å². The number of fused-ring (bicyclic) bond motifs is 1. The molecule has 0 saturated carbocycles. The van der Waals surface area contributed by atoms with Crippen LogP contribution >= 0.6 is 0 Å². The van der Waals surface area contributed by atoms with Crippen LogP contribution in [0.15, 0.2) is 36.4 Å². The molecular formula is C14H15N. The maximum absolute atomic E-state index is 2.36. The molecule has 76 valence electrons. The molecule has 0 aliphatic heterocycles. The van der Waals surface area contributed by atoms with E-state index in [9.17, 15) is 0 Å². The maximum atomic E-state index is 2.36. The molecule has 0 bridgehead atoms. The van der Waals surface area contributed by atoms with Crippen LogP contribution in [-0.4, -0.2) is 4.57 Å². The van der Waals surface area contributed by atoms with E-state index in [2.05, 4.69) is 48.0 Å². The molecule has 0 fully saturated rings. The number of rotatable bonds is 1. The van der Waals surface area contributed by atoms with Gasteiger partial charge >= 0.3 is 0 Å². The molecule has 1 aromatic heterocycles. The molecule has 0 atom stereocenters. The number of hydrogen-bond acceptors (Lipinski definition) is 0. The van der Waals surface area contributed by atoms with Gasteiger partial charge in [-0.05, 0) is 36.5 Å². The molecule has 0 N–H and O–H groups in total. The van der Waals surface area contributed by atoms with Gasteiger partial charge in [-0.25, -0.2) is 0 Å². The summed E-state index contributed by atoms with van der Waals surface area (Å²) in [5, 5.41) is 0. The first kappa shape index (κ1) is 8.78. The Kier molecular flexibility index (Phi) is 1.91. The Balaban J connectivity index is 2.14. The van der Waals surface area contributed by atoms with Crippen molar-refractivity contribution in [1.29, 1.82) is 0 Å². The average Bonchev–Trinajstić information content (AvgIpc) is 2.83. The Morgan fingerprint density at radius 1 is 1.07 bits per heavy atom. The zero-order valence-electron chi connectivity index (χ0n) is 9.03. The smallest absolute Gasteiger partial charge is 0.0482 e. The molecule has 1 heteroatoms. The standard InChI is InChI=1S/C14H15N/c1-15-13-9-5-8-12(13)10-14(15)11-6-3-2-4-7-11/h2-4,6-7,10H,5,8-9H2,1H3. The van der Waals surface area contributed by atoms with Gasteiger partial charge in [0.25, 0.3) is 0 Å². The first-order chi connectivity index (χ1) is 7.36. The second-order valence-corrected chi connectivity index (χ2v) is 4.28. The van der Waals surface area contributed by atoms with Crippen LogP contribution in [0.25, 0.3) is 11.3 Å². The van der Waals surface area contributed by atoms with Gasteiger partial charge in [0.2, 0.25) is 0 Å². The summed E-state index contributed by atoms with van der Waals surface area (Å²) < 4.78 is 2.36. The van der Waals surface area contributed by atoms with Crippen LogP contribution in [0.1, 0.15) is 17.7 Å². The molecule has 1 aromatic carbocycles. The van der Waals surface area contributed by atoms with E-state index in [4.69, 9.17) is 0 Å². The summed E-state index contributed by atoms with van der Waals surface area (Å²) in [6.45, 7) is 0. The molecule has 0 amide bonds.